The molecule has 36 heavy (non-hydrogen) atoms. The van der Waals surface area contributed by atoms with Crippen LogP contribution in [0.3, 0.4) is 0 Å². The molecule has 4 rings (SSSR count). The third kappa shape index (κ3) is 5.78. The maximum atomic E-state index is 12.6. The highest BCUT2D eigenvalue weighted by Gasteiger charge is 2.44. The summed E-state index contributed by atoms with van der Waals surface area (Å²) < 4.78 is 5.68. The molecule has 0 radical (unpaired) electrons. The first-order chi connectivity index (χ1) is 17.3. The van der Waals surface area contributed by atoms with Crippen LogP contribution in [-0.2, 0) is 17.7 Å². The van der Waals surface area contributed by atoms with E-state index in [4.69, 9.17) is 16.3 Å². The van der Waals surface area contributed by atoms with E-state index in [1.54, 1.807) is 42.3 Å². The molecule has 190 valence electrons. The molecule has 1 amide bonds. The first-order valence-electron chi connectivity index (χ1n) is 11.8. The van der Waals surface area contributed by atoms with Crippen LogP contribution in [0, 0.1) is 0 Å². The lowest BCUT2D eigenvalue weighted by atomic mass is 9.90. The lowest BCUT2D eigenvalue weighted by Gasteiger charge is -2.40. The van der Waals surface area contributed by atoms with Gasteiger partial charge >= 0.3 is 0 Å². The van der Waals surface area contributed by atoms with Gasteiger partial charge in [0.05, 0.1) is 6.61 Å². The standard InChI is InChI=1S/C28H30ClNO6/c1-30(28(35)19-5-3-2-4-6-19)15-18-9-7-17(8-10-18)13-21-14-20(11-12-22(21)29)27-26(34)25(33)24(32)23(16-31)36-27/h2-12,14,23-27,31-34H,13,15-16H2,1H3/t23-,24-,25+,26-,27+/m1/s1. The van der Waals surface area contributed by atoms with Gasteiger partial charge in [0.15, 0.2) is 0 Å². The Balaban J connectivity index is 1.45. The number of halogens is 1. The molecule has 0 aliphatic carbocycles. The molecule has 0 aromatic heterocycles. The topological polar surface area (TPSA) is 110 Å². The van der Waals surface area contributed by atoms with Crippen LogP contribution < -0.4 is 0 Å². The molecule has 5 atom stereocenters. The third-order valence-electron chi connectivity index (χ3n) is 6.50. The zero-order valence-electron chi connectivity index (χ0n) is 19.9. The van der Waals surface area contributed by atoms with Gasteiger partial charge in [0.25, 0.3) is 5.91 Å². The van der Waals surface area contributed by atoms with Gasteiger partial charge in [0.1, 0.15) is 30.5 Å². The minimum absolute atomic E-state index is 0.0449. The van der Waals surface area contributed by atoms with Crippen LogP contribution in [-0.4, -0.2) is 69.3 Å². The second kappa shape index (κ2) is 11.5. The Bertz CT molecular complexity index is 1170. The molecular formula is C28H30ClNO6. The molecule has 1 heterocycles. The van der Waals surface area contributed by atoms with Crippen LogP contribution in [0.5, 0.6) is 0 Å². The van der Waals surface area contributed by atoms with Gasteiger partial charge in [0.2, 0.25) is 0 Å². The maximum absolute atomic E-state index is 12.6. The Kier molecular flexibility index (Phi) is 8.41. The molecule has 1 aliphatic heterocycles. The van der Waals surface area contributed by atoms with E-state index in [0.29, 0.717) is 29.1 Å². The smallest absolute Gasteiger partial charge is 0.253 e. The fraction of sp³-hybridized carbons (Fsp3) is 0.321. The molecule has 0 unspecified atom stereocenters. The fourth-order valence-corrected chi connectivity index (χ4v) is 4.60. The van der Waals surface area contributed by atoms with Gasteiger partial charge in [-0.1, -0.05) is 66.2 Å². The van der Waals surface area contributed by atoms with Gasteiger partial charge in [-0.15, -0.1) is 0 Å². The van der Waals surface area contributed by atoms with Crippen LogP contribution in [0.1, 0.15) is 38.7 Å². The van der Waals surface area contributed by atoms with E-state index in [2.05, 4.69) is 0 Å². The molecule has 0 spiro atoms. The lowest BCUT2D eigenvalue weighted by molar-refractivity contribution is -0.231. The average Bonchev–Trinajstić information content (AvgIpc) is 2.90. The van der Waals surface area contributed by atoms with Gasteiger partial charge in [-0.3, -0.25) is 4.79 Å². The van der Waals surface area contributed by atoms with Crippen molar-refractivity contribution >= 4 is 17.5 Å². The quantitative estimate of drug-likeness (QED) is 0.388. The number of benzene rings is 3. The number of carbonyl (C=O) groups is 1. The Morgan fingerprint density at radius 3 is 2.25 bits per heavy atom. The van der Waals surface area contributed by atoms with Crippen molar-refractivity contribution in [3.8, 4) is 0 Å². The van der Waals surface area contributed by atoms with E-state index in [0.717, 1.165) is 16.7 Å². The van der Waals surface area contributed by atoms with Gasteiger partial charge in [-0.25, -0.2) is 0 Å². The van der Waals surface area contributed by atoms with Crippen molar-refractivity contribution in [2.45, 2.75) is 43.5 Å². The molecule has 4 N–H and O–H groups in total. The van der Waals surface area contributed by atoms with Crippen molar-refractivity contribution in [2.75, 3.05) is 13.7 Å². The van der Waals surface area contributed by atoms with Crippen molar-refractivity contribution in [2.24, 2.45) is 0 Å². The van der Waals surface area contributed by atoms with E-state index in [9.17, 15) is 25.2 Å². The van der Waals surface area contributed by atoms with Crippen molar-refractivity contribution in [1.82, 2.24) is 4.90 Å². The number of hydrogen-bond acceptors (Lipinski definition) is 6. The van der Waals surface area contributed by atoms with Crippen LogP contribution in [0.4, 0.5) is 0 Å². The van der Waals surface area contributed by atoms with Gasteiger partial charge in [-0.05, 0) is 46.9 Å². The minimum atomic E-state index is -1.44. The number of hydrogen-bond donors (Lipinski definition) is 4. The fourth-order valence-electron chi connectivity index (χ4n) is 4.41. The number of ether oxygens (including phenoxy) is 1. The SMILES string of the molecule is CN(Cc1ccc(Cc2cc([C@@H]3O[C@H](CO)[C@@H](O)[C@H](O)[C@H]3O)ccc2Cl)cc1)C(=O)c1ccccc1. The second-order valence-electron chi connectivity index (χ2n) is 9.12. The summed E-state index contributed by atoms with van der Waals surface area (Å²) in [5.41, 5.74) is 4.03. The number of nitrogens with zero attached hydrogens (tertiary/aromatic N) is 1. The Morgan fingerprint density at radius 1 is 0.917 bits per heavy atom. The third-order valence-corrected chi connectivity index (χ3v) is 6.86. The molecule has 3 aromatic carbocycles. The molecule has 1 saturated heterocycles. The lowest BCUT2D eigenvalue weighted by Crippen LogP contribution is -2.55. The van der Waals surface area contributed by atoms with E-state index in [1.807, 2.05) is 42.5 Å². The van der Waals surface area contributed by atoms with Crippen molar-refractivity contribution < 1.29 is 30.0 Å². The van der Waals surface area contributed by atoms with Crippen LogP contribution in [0.25, 0.3) is 0 Å². The second-order valence-corrected chi connectivity index (χ2v) is 9.53. The number of rotatable bonds is 7. The summed E-state index contributed by atoms with van der Waals surface area (Å²) >= 11 is 6.45. The predicted molar refractivity (Wildman–Crippen MR) is 136 cm³/mol. The predicted octanol–water partition coefficient (Wildman–Crippen LogP) is 2.72. The summed E-state index contributed by atoms with van der Waals surface area (Å²) in [6, 6.07) is 22.2. The number of aliphatic hydroxyl groups is 4. The number of amides is 1. The van der Waals surface area contributed by atoms with Crippen LogP contribution >= 0.6 is 11.6 Å². The summed E-state index contributed by atoms with van der Waals surface area (Å²) in [6.45, 7) is -0.0122. The number of aliphatic hydroxyl groups excluding tert-OH is 4. The first kappa shape index (κ1) is 26.3. The Hall–Kier alpha value is -2.78. The summed E-state index contributed by atoms with van der Waals surface area (Å²) in [5, 5.41) is 40.6. The van der Waals surface area contributed by atoms with Crippen molar-refractivity contribution in [3.05, 3.63) is 106 Å². The van der Waals surface area contributed by atoms with E-state index in [1.165, 1.54) is 0 Å². The maximum Gasteiger partial charge on any atom is 0.253 e. The summed E-state index contributed by atoms with van der Waals surface area (Å²) in [4.78, 5) is 14.3. The monoisotopic (exact) mass is 511 g/mol. The van der Waals surface area contributed by atoms with E-state index >= 15 is 0 Å². The normalized spacial score (nSPS) is 23.9. The summed E-state index contributed by atoms with van der Waals surface area (Å²) in [7, 11) is 1.77. The minimum Gasteiger partial charge on any atom is -0.394 e. The molecule has 1 fully saturated rings. The summed E-state index contributed by atoms with van der Waals surface area (Å²) in [5.74, 6) is -0.0449. The van der Waals surface area contributed by atoms with Gasteiger partial charge in [-0.2, -0.15) is 0 Å². The molecule has 7 nitrogen and oxygen atoms in total. The van der Waals surface area contributed by atoms with E-state index < -0.39 is 37.1 Å². The molecular weight excluding hydrogens is 482 g/mol. The average molecular weight is 512 g/mol. The van der Waals surface area contributed by atoms with Gasteiger partial charge in [0, 0.05) is 24.2 Å². The molecule has 0 saturated carbocycles. The Morgan fingerprint density at radius 2 is 1.58 bits per heavy atom. The van der Waals surface area contributed by atoms with Crippen molar-refractivity contribution in [1.29, 1.82) is 0 Å². The van der Waals surface area contributed by atoms with Crippen molar-refractivity contribution in [3.63, 3.8) is 0 Å². The molecule has 3 aromatic rings. The molecule has 8 heteroatoms. The van der Waals surface area contributed by atoms with Gasteiger partial charge < -0.3 is 30.1 Å². The number of carbonyl (C=O) groups excluding carboxylic acids is 1. The highest BCUT2D eigenvalue weighted by molar-refractivity contribution is 6.31. The largest absolute Gasteiger partial charge is 0.394 e. The van der Waals surface area contributed by atoms with E-state index in [-0.39, 0.29) is 5.91 Å². The zero-order valence-corrected chi connectivity index (χ0v) is 20.6. The molecule has 0 bridgehead atoms. The Labute approximate surface area is 215 Å². The summed E-state index contributed by atoms with van der Waals surface area (Å²) in [6.07, 6.45) is -5.59. The van der Waals surface area contributed by atoms with Crippen LogP contribution in [0.2, 0.25) is 5.02 Å². The zero-order chi connectivity index (χ0) is 25.8. The molecule has 1 aliphatic rings. The first-order valence-corrected chi connectivity index (χ1v) is 12.1. The van der Waals surface area contributed by atoms with Crippen LogP contribution in [0.15, 0.2) is 72.8 Å². The highest BCUT2D eigenvalue weighted by Crippen LogP contribution is 2.34. The highest BCUT2D eigenvalue weighted by atomic mass is 35.5.